The minimum atomic E-state index is -0.851. The predicted octanol–water partition coefficient (Wildman–Crippen LogP) is 5.31. The Bertz CT molecular complexity index is 2310. The summed E-state index contributed by atoms with van der Waals surface area (Å²) in [5.41, 5.74) is 4.96. The highest BCUT2D eigenvalue weighted by Crippen LogP contribution is 2.36. The van der Waals surface area contributed by atoms with Crippen LogP contribution < -0.4 is 24.4 Å². The van der Waals surface area contributed by atoms with Gasteiger partial charge >= 0.3 is 11.9 Å². The molecule has 49 heavy (non-hydrogen) atoms. The number of ether oxygens (including phenoxy) is 4. The molecule has 1 aliphatic rings. The Hall–Kier alpha value is -5.42. The van der Waals surface area contributed by atoms with E-state index in [1.807, 2.05) is 39.0 Å². The Balaban J connectivity index is 1.48. The maximum atomic E-state index is 14.3. The number of nitrogens with zero attached hydrogens (tertiary/aromatic N) is 3. The minimum Gasteiger partial charge on any atom is -0.490 e. The molecule has 10 nitrogen and oxygen atoms in total. The van der Waals surface area contributed by atoms with Gasteiger partial charge in [-0.1, -0.05) is 47.7 Å². The van der Waals surface area contributed by atoms with Gasteiger partial charge in [0, 0.05) is 17.1 Å². The van der Waals surface area contributed by atoms with Crippen LogP contribution in [-0.2, 0) is 19.1 Å². The Morgan fingerprint density at radius 1 is 0.918 bits per heavy atom. The first-order chi connectivity index (χ1) is 23.6. The molecule has 0 aliphatic carbocycles. The first-order valence-corrected chi connectivity index (χ1v) is 16.8. The normalized spacial score (nSPS) is 14.4. The summed E-state index contributed by atoms with van der Waals surface area (Å²) in [6, 6.07) is 20.9. The van der Waals surface area contributed by atoms with Crippen LogP contribution in [0.5, 0.6) is 11.5 Å². The number of aryl methyl sites for hydroxylation is 1. The monoisotopic (exact) mass is 679 g/mol. The van der Waals surface area contributed by atoms with Crippen molar-refractivity contribution in [3.8, 4) is 17.2 Å². The summed E-state index contributed by atoms with van der Waals surface area (Å²) in [6.45, 7) is 9.55. The van der Waals surface area contributed by atoms with Crippen LogP contribution >= 0.6 is 11.3 Å². The fourth-order valence-corrected chi connectivity index (χ4v) is 7.21. The molecular formula is C38H37N3O7S. The van der Waals surface area contributed by atoms with E-state index in [-0.39, 0.29) is 24.3 Å². The van der Waals surface area contributed by atoms with Crippen molar-refractivity contribution in [3.63, 3.8) is 0 Å². The van der Waals surface area contributed by atoms with E-state index in [9.17, 15) is 14.4 Å². The average Bonchev–Trinajstić information content (AvgIpc) is 3.55. The molecule has 0 bridgehead atoms. The number of hydrogen-bond donors (Lipinski definition) is 0. The number of benzene rings is 3. The van der Waals surface area contributed by atoms with Gasteiger partial charge in [0.2, 0.25) is 0 Å². The molecule has 6 rings (SSSR count). The largest absolute Gasteiger partial charge is 0.490 e. The van der Waals surface area contributed by atoms with Crippen molar-refractivity contribution in [3.05, 3.63) is 120 Å². The van der Waals surface area contributed by atoms with E-state index in [4.69, 9.17) is 23.9 Å². The highest BCUT2D eigenvalue weighted by atomic mass is 32.1. The molecule has 2 aromatic heterocycles. The van der Waals surface area contributed by atoms with Crippen LogP contribution in [0.25, 0.3) is 22.5 Å². The number of carbonyl (C=O) groups is 2. The van der Waals surface area contributed by atoms with Crippen molar-refractivity contribution in [1.29, 1.82) is 0 Å². The predicted molar refractivity (Wildman–Crippen MR) is 188 cm³/mol. The van der Waals surface area contributed by atoms with Crippen molar-refractivity contribution in [1.82, 2.24) is 9.13 Å². The van der Waals surface area contributed by atoms with Crippen LogP contribution in [0.15, 0.2) is 87.8 Å². The van der Waals surface area contributed by atoms with E-state index in [1.165, 1.54) is 28.4 Å². The molecule has 252 valence electrons. The standard InChI is InChI=1S/C38H37N3O7S/c1-7-46-31-19-27(14-16-30(31)48-21-33(42)45-6)35-34(37(44)47-8-2)23(4)39-38-41(35)36(43)32(49-38)20-28-17-22(3)40(24(28)5)29-15-13-25-11-9-10-12-26(25)18-29/h9-20,35H,7-8,21H2,1-6H3/b32-20-/t35-/m1/s1. The molecule has 0 saturated carbocycles. The lowest BCUT2D eigenvalue weighted by atomic mass is 9.95. The smallest absolute Gasteiger partial charge is 0.343 e. The van der Waals surface area contributed by atoms with Crippen molar-refractivity contribution in [2.75, 3.05) is 26.9 Å². The zero-order chi connectivity index (χ0) is 34.8. The lowest BCUT2D eigenvalue weighted by Gasteiger charge is -2.25. The first kappa shape index (κ1) is 33.5. The molecule has 5 aromatic rings. The van der Waals surface area contributed by atoms with Crippen LogP contribution in [-0.4, -0.2) is 48.0 Å². The number of thiazole rings is 1. The molecule has 0 unspecified atom stereocenters. The number of hydrogen-bond acceptors (Lipinski definition) is 9. The fourth-order valence-electron chi connectivity index (χ4n) is 6.17. The lowest BCUT2D eigenvalue weighted by molar-refractivity contribution is -0.143. The Labute approximate surface area is 287 Å². The molecule has 0 N–H and O–H groups in total. The number of allylic oxidation sites excluding steroid dienone is 1. The summed E-state index contributed by atoms with van der Waals surface area (Å²) in [6.07, 6.45) is 1.89. The SMILES string of the molecule is CCOC(=O)C1=C(C)N=c2s/c(=C\c3cc(C)n(-c4ccc5ccccc5c4)c3C)c(=O)n2[C@@H]1c1ccc(OCC(=O)OC)c(OCC)c1. The van der Waals surface area contributed by atoms with Crippen LogP contribution in [0.2, 0.25) is 0 Å². The summed E-state index contributed by atoms with van der Waals surface area (Å²) in [5.74, 6) is -0.431. The number of fused-ring (bicyclic) bond motifs is 2. The number of methoxy groups -OCH3 is 1. The van der Waals surface area contributed by atoms with Gasteiger partial charge in [0.1, 0.15) is 0 Å². The van der Waals surface area contributed by atoms with Crippen molar-refractivity contribution < 1.29 is 28.5 Å². The number of aromatic nitrogens is 2. The molecule has 0 amide bonds. The van der Waals surface area contributed by atoms with Gasteiger partial charge in [0.15, 0.2) is 22.9 Å². The molecule has 0 spiro atoms. The van der Waals surface area contributed by atoms with Gasteiger partial charge in [-0.05, 0) is 92.9 Å². The van der Waals surface area contributed by atoms with Gasteiger partial charge in [-0.3, -0.25) is 9.36 Å². The molecule has 0 radical (unpaired) electrons. The van der Waals surface area contributed by atoms with E-state index in [0.717, 1.165) is 28.0 Å². The van der Waals surface area contributed by atoms with Crippen molar-refractivity contribution >= 4 is 40.1 Å². The number of esters is 2. The third-order valence-electron chi connectivity index (χ3n) is 8.42. The molecule has 0 fully saturated rings. The molecular weight excluding hydrogens is 642 g/mol. The van der Waals surface area contributed by atoms with E-state index in [0.29, 0.717) is 38.7 Å². The second-order valence-corrected chi connectivity index (χ2v) is 12.5. The topological polar surface area (TPSA) is 110 Å². The van der Waals surface area contributed by atoms with Gasteiger partial charge in [0.05, 0.1) is 42.2 Å². The molecule has 0 saturated heterocycles. The summed E-state index contributed by atoms with van der Waals surface area (Å²) < 4.78 is 25.9. The third-order valence-corrected chi connectivity index (χ3v) is 9.40. The van der Waals surface area contributed by atoms with Crippen molar-refractivity contribution in [2.24, 2.45) is 4.99 Å². The number of rotatable bonds is 10. The summed E-state index contributed by atoms with van der Waals surface area (Å²) >= 11 is 1.26. The van der Waals surface area contributed by atoms with Gasteiger partial charge in [-0.25, -0.2) is 14.6 Å². The molecule has 3 aromatic carbocycles. The summed E-state index contributed by atoms with van der Waals surface area (Å²) in [5, 5.41) is 2.31. The summed E-state index contributed by atoms with van der Waals surface area (Å²) in [7, 11) is 1.28. The summed E-state index contributed by atoms with van der Waals surface area (Å²) in [4.78, 5) is 44.7. The maximum absolute atomic E-state index is 14.3. The minimum absolute atomic E-state index is 0.157. The van der Waals surface area contributed by atoms with Crippen LogP contribution in [0, 0.1) is 13.8 Å². The molecule has 1 aliphatic heterocycles. The maximum Gasteiger partial charge on any atom is 0.343 e. The molecule has 11 heteroatoms. The average molecular weight is 680 g/mol. The van der Waals surface area contributed by atoms with Crippen LogP contribution in [0.3, 0.4) is 0 Å². The van der Waals surface area contributed by atoms with Gasteiger partial charge in [-0.15, -0.1) is 0 Å². The van der Waals surface area contributed by atoms with Crippen LogP contribution in [0.4, 0.5) is 0 Å². The molecule has 1 atom stereocenters. The first-order valence-electron chi connectivity index (χ1n) is 16.0. The quantitative estimate of drug-likeness (QED) is 0.184. The second kappa shape index (κ2) is 14.0. The highest BCUT2D eigenvalue weighted by molar-refractivity contribution is 7.07. The zero-order valence-corrected chi connectivity index (χ0v) is 29.1. The zero-order valence-electron chi connectivity index (χ0n) is 28.2. The van der Waals surface area contributed by atoms with E-state index < -0.39 is 18.0 Å². The van der Waals surface area contributed by atoms with Gasteiger partial charge < -0.3 is 23.5 Å². The van der Waals surface area contributed by atoms with E-state index in [2.05, 4.69) is 41.0 Å². The second-order valence-electron chi connectivity index (χ2n) is 11.5. The van der Waals surface area contributed by atoms with E-state index in [1.54, 1.807) is 32.0 Å². The fraction of sp³-hybridized carbons (Fsp3) is 0.263. The van der Waals surface area contributed by atoms with Gasteiger partial charge in [-0.2, -0.15) is 0 Å². The van der Waals surface area contributed by atoms with E-state index >= 15 is 0 Å². The van der Waals surface area contributed by atoms with Gasteiger partial charge in [0.25, 0.3) is 5.56 Å². The number of carbonyl (C=O) groups excluding carboxylic acids is 2. The molecule has 3 heterocycles. The Morgan fingerprint density at radius 2 is 1.69 bits per heavy atom. The highest BCUT2D eigenvalue weighted by Gasteiger charge is 2.34. The van der Waals surface area contributed by atoms with Crippen molar-refractivity contribution in [2.45, 2.75) is 40.7 Å². The lowest BCUT2D eigenvalue weighted by Crippen LogP contribution is -2.40. The Morgan fingerprint density at radius 3 is 2.43 bits per heavy atom. The Kier molecular flexibility index (Phi) is 9.55. The van der Waals surface area contributed by atoms with Crippen LogP contribution in [0.1, 0.15) is 49.3 Å². The third kappa shape index (κ3) is 6.41.